The lowest BCUT2D eigenvalue weighted by molar-refractivity contribution is 0.114. The number of fused-ring (bicyclic) bond motifs is 1. The molecule has 1 unspecified atom stereocenters. The van der Waals surface area contributed by atoms with Gasteiger partial charge in [-0.25, -0.2) is 0 Å². The van der Waals surface area contributed by atoms with Gasteiger partial charge >= 0.3 is 0 Å². The normalized spacial score (nSPS) is 18.2. The van der Waals surface area contributed by atoms with Crippen molar-refractivity contribution in [3.8, 4) is 0 Å². The Labute approximate surface area is 152 Å². The molecule has 2 heterocycles. The number of ether oxygens (including phenoxy) is 1. The quantitative estimate of drug-likeness (QED) is 0.444. The third kappa shape index (κ3) is 4.33. The van der Waals surface area contributed by atoms with E-state index >= 15 is 0 Å². The third-order valence-corrected chi connectivity index (χ3v) is 4.76. The second kappa shape index (κ2) is 8.69. The maximum atomic E-state index is 5.61. The van der Waals surface area contributed by atoms with E-state index in [1.165, 1.54) is 22.1 Å². The van der Waals surface area contributed by atoms with Crippen LogP contribution in [0.1, 0.15) is 18.4 Å². The van der Waals surface area contributed by atoms with E-state index in [-0.39, 0.29) is 24.0 Å². The number of hydrogen-bond donors (Lipinski definition) is 2. The van der Waals surface area contributed by atoms with Gasteiger partial charge in [0.05, 0.1) is 6.10 Å². The third-order valence-electron chi connectivity index (χ3n) is 3.75. The highest BCUT2D eigenvalue weighted by Gasteiger charge is 2.15. The number of rotatable bonds is 4. The Morgan fingerprint density at radius 2 is 2.23 bits per heavy atom. The Bertz CT molecular complexity index is 623. The molecule has 1 atom stereocenters. The highest BCUT2D eigenvalue weighted by Crippen LogP contribution is 2.25. The van der Waals surface area contributed by atoms with Crippen molar-refractivity contribution >= 4 is 51.4 Å². The summed E-state index contributed by atoms with van der Waals surface area (Å²) in [6, 6.07) is 8.50. The fourth-order valence-electron chi connectivity index (χ4n) is 2.59. The van der Waals surface area contributed by atoms with Gasteiger partial charge in [0.25, 0.3) is 0 Å². The Morgan fingerprint density at radius 3 is 3.00 bits per heavy atom. The zero-order chi connectivity index (χ0) is 14.5. The van der Waals surface area contributed by atoms with Crippen LogP contribution in [-0.4, -0.2) is 32.3 Å². The van der Waals surface area contributed by atoms with Crippen molar-refractivity contribution in [2.75, 3.05) is 20.2 Å². The molecule has 2 N–H and O–H groups in total. The van der Waals surface area contributed by atoms with Crippen LogP contribution in [0.4, 0.5) is 0 Å². The van der Waals surface area contributed by atoms with E-state index in [4.69, 9.17) is 4.74 Å². The zero-order valence-corrected chi connectivity index (χ0v) is 15.8. The molecule has 0 aliphatic carbocycles. The molecule has 0 radical (unpaired) electrons. The number of halogens is 1. The van der Waals surface area contributed by atoms with E-state index in [0.717, 1.165) is 32.1 Å². The molecular weight excluding hydrogens is 409 g/mol. The molecule has 120 valence electrons. The minimum atomic E-state index is 0. The molecular formula is C16H22IN3OS. The van der Waals surface area contributed by atoms with E-state index in [1.54, 1.807) is 18.4 Å². The number of guanidine groups is 1. The molecule has 1 saturated heterocycles. The van der Waals surface area contributed by atoms with Crippen LogP contribution >= 0.6 is 35.3 Å². The van der Waals surface area contributed by atoms with Crippen LogP contribution in [0.3, 0.4) is 0 Å². The molecule has 1 aromatic heterocycles. The minimum Gasteiger partial charge on any atom is -0.376 e. The fraction of sp³-hybridized carbons (Fsp3) is 0.438. The lowest BCUT2D eigenvalue weighted by Gasteiger charge is -2.14. The number of nitrogens with zero attached hydrogens (tertiary/aromatic N) is 1. The van der Waals surface area contributed by atoms with E-state index in [1.807, 2.05) is 0 Å². The molecule has 0 saturated carbocycles. The van der Waals surface area contributed by atoms with E-state index in [2.05, 4.69) is 45.3 Å². The van der Waals surface area contributed by atoms with Crippen LogP contribution in [0.25, 0.3) is 10.1 Å². The Hall–Kier alpha value is -0.860. The summed E-state index contributed by atoms with van der Waals surface area (Å²) >= 11 is 1.79. The maximum Gasteiger partial charge on any atom is 0.191 e. The summed E-state index contributed by atoms with van der Waals surface area (Å²) in [6.45, 7) is 2.50. The first kappa shape index (κ1) is 17.5. The molecule has 0 bridgehead atoms. The summed E-state index contributed by atoms with van der Waals surface area (Å²) < 4.78 is 6.94. The summed E-state index contributed by atoms with van der Waals surface area (Å²) in [6.07, 6.45) is 2.63. The lowest BCUT2D eigenvalue weighted by Crippen LogP contribution is -2.40. The monoisotopic (exact) mass is 431 g/mol. The predicted molar refractivity (Wildman–Crippen MR) is 104 cm³/mol. The van der Waals surface area contributed by atoms with Gasteiger partial charge in [0.15, 0.2) is 5.96 Å². The standard InChI is InChI=1S/C16H21N3OS.HI/c1-17-16(19-10-13-5-4-8-20-13)18-9-12-11-21-15-7-3-2-6-14(12)15;/h2-3,6-7,11,13H,4-5,8-10H2,1H3,(H2,17,18,19);1H. The second-order valence-corrected chi connectivity index (χ2v) is 6.11. The van der Waals surface area contributed by atoms with Crippen LogP contribution in [0.15, 0.2) is 34.6 Å². The van der Waals surface area contributed by atoms with Gasteiger partial charge < -0.3 is 15.4 Å². The van der Waals surface area contributed by atoms with Crippen molar-refractivity contribution in [2.45, 2.75) is 25.5 Å². The molecule has 2 aromatic rings. The van der Waals surface area contributed by atoms with Crippen molar-refractivity contribution in [1.29, 1.82) is 0 Å². The van der Waals surface area contributed by atoms with Crippen LogP contribution < -0.4 is 10.6 Å². The first-order valence-corrected chi connectivity index (χ1v) is 8.26. The second-order valence-electron chi connectivity index (χ2n) is 5.20. The van der Waals surface area contributed by atoms with E-state index in [9.17, 15) is 0 Å². The average molecular weight is 431 g/mol. The molecule has 22 heavy (non-hydrogen) atoms. The molecule has 0 spiro atoms. The molecule has 6 heteroatoms. The number of hydrogen-bond acceptors (Lipinski definition) is 3. The van der Waals surface area contributed by atoms with Gasteiger partial charge in [-0.1, -0.05) is 18.2 Å². The van der Waals surface area contributed by atoms with Gasteiger partial charge in [0.1, 0.15) is 0 Å². The van der Waals surface area contributed by atoms with Crippen molar-refractivity contribution in [3.05, 3.63) is 35.2 Å². The van der Waals surface area contributed by atoms with Gasteiger partial charge in [0.2, 0.25) is 0 Å². The molecule has 4 nitrogen and oxygen atoms in total. The summed E-state index contributed by atoms with van der Waals surface area (Å²) in [7, 11) is 1.80. The van der Waals surface area contributed by atoms with Gasteiger partial charge in [-0.3, -0.25) is 4.99 Å². The van der Waals surface area contributed by atoms with Crippen LogP contribution in [0, 0.1) is 0 Å². The van der Waals surface area contributed by atoms with Crippen molar-refractivity contribution < 1.29 is 4.74 Å². The van der Waals surface area contributed by atoms with E-state index < -0.39 is 0 Å². The fourth-order valence-corrected chi connectivity index (χ4v) is 3.55. The summed E-state index contributed by atoms with van der Waals surface area (Å²) in [5, 5.41) is 10.3. The Balaban J connectivity index is 0.00000176. The Morgan fingerprint density at radius 1 is 1.36 bits per heavy atom. The average Bonchev–Trinajstić information content (AvgIpc) is 3.17. The summed E-state index contributed by atoms with van der Waals surface area (Å²) in [4.78, 5) is 4.27. The minimum absolute atomic E-state index is 0. The molecule has 1 fully saturated rings. The number of aliphatic imine (C=N–C) groups is 1. The van der Waals surface area contributed by atoms with Crippen molar-refractivity contribution in [3.63, 3.8) is 0 Å². The highest BCUT2D eigenvalue weighted by molar-refractivity contribution is 14.0. The maximum absolute atomic E-state index is 5.61. The molecule has 1 aromatic carbocycles. The van der Waals surface area contributed by atoms with Crippen LogP contribution in [-0.2, 0) is 11.3 Å². The van der Waals surface area contributed by atoms with Gasteiger partial charge in [-0.2, -0.15) is 0 Å². The number of benzene rings is 1. The van der Waals surface area contributed by atoms with Gasteiger partial charge in [-0.05, 0) is 35.2 Å². The van der Waals surface area contributed by atoms with Crippen LogP contribution in [0.5, 0.6) is 0 Å². The van der Waals surface area contributed by atoms with Crippen molar-refractivity contribution in [1.82, 2.24) is 10.6 Å². The first-order valence-electron chi connectivity index (χ1n) is 7.38. The predicted octanol–water partition coefficient (Wildman–Crippen LogP) is 3.36. The largest absolute Gasteiger partial charge is 0.376 e. The highest BCUT2D eigenvalue weighted by atomic mass is 127. The molecule has 1 aliphatic rings. The molecule has 3 rings (SSSR count). The van der Waals surface area contributed by atoms with E-state index in [0.29, 0.717) is 6.10 Å². The number of thiophene rings is 1. The topological polar surface area (TPSA) is 45.7 Å². The van der Waals surface area contributed by atoms with Gasteiger partial charge in [0, 0.05) is 31.4 Å². The zero-order valence-electron chi connectivity index (χ0n) is 12.7. The van der Waals surface area contributed by atoms with Crippen LogP contribution in [0.2, 0.25) is 0 Å². The number of nitrogens with one attached hydrogen (secondary N) is 2. The molecule has 1 aliphatic heterocycles. The summed E-state index contributed by atoms with van der Waals surface area (Å²) in [5.74, 6) is 0.834. The smallest absolute Gasteiger partial charge is 0.191 e. The first-order chi connectivity index (χ1) is 10.4. The lowest BCUT2D eigenvalue weighted by atomic mass is 10.2. The SMILES string of the molecule is CN=C(NCc1csc2ccccc12)NCC1CCCO1.I. The molecule has 0 amide bonds. The van der Waals surface area contributed by atoms with Crippen molar-refractivity contribution in [2.24, 2.45) is 4.99 Å². The van der Waals surface area contributed by atoms with Gasteiger partial charge in [-0.15, -0.1) is 35.3 Å². The summed E-state index contributed by atoms with van der Waals surface area (Å²) in [5.41, 5.74) is 1.32. The Kier molecular flexibility index (Phi) is 6.91.